The molecule has 3 nitrogen and oxygen atoms in total. The van der Waals surface area contributed by atoms with Crippen molar-refractivity contribution in [3.8, 4) is 5.75 Å². The molecule has 0 aliphatic rings. The molecule has 114 valence electrons. The smallest absolute Gasteiger partial charge is 0.126 e. The van der Waals surface area contributed by atoms with Gasteiger partial charge >= 0.3 is 0 Å². The molecular formula is C16H26BrNO2. The number of benzene rings is 1. The SMILES string of the molecule is COCCCOc1c(C)cc(Br)cc1CNC(C)(C)C. The van der Waals surface area contributed by atoms with E-state index in [-0.39, 0.29) is 5.54 Å². The number of halogens is 1. The molecule has 1 aromatic carbocycles. The van der Waals surface area contributed by atoms with Crippen LogP contribution in [0.2, 0.25) is 0 Å². The van der Waals surface area contributed by atoms with Gasteiger partial charge in [0.1, 0.15) is 5.75 Å². The normalized spacial score (nSPS) is 11.7. The molecule has 0 bridgehead atoms. The van der Waals surface area contributed by atoms with Crippen LogP contribution in [0.15, 0.2) is 16.6 Å². The van der Waals surface area contributed by atoms with Crippen molar-refractivity contribution in [1.29, 1.82) is 0 Å². The Balaban J connectivity index is 2.79. The zero-order valence-electron chi connectivity index (χ0n) is 13.2. The number of aryl methyl sites for hydroxylation is 1. The molecule has 0 aliphatic carbocycles. The lowest BCUT2D eigenvalue weighted by Crippen LogP contribution is -2.35. The molecule has 1 N–H and O–H groups in total. The van der Waals surface area contributed by atoms with Crippen molar-refractivity contribution < 1.29 is 9.47 Å². The molecule has 20 heavy (non-hydrogen) atoms. The van der Waals surface area contributed by atoms with Gasteiger partial charge in [-0.2, -0.15) is 0 Å². The molecule has 0 radical (unpaired) electrons. The molecular weight excluding hydrogens is 318 g/mol. The Labute approximate surface area is 131 Å². The summed E-state index contributed by atoms with van der Waals surface area (Å²) in [5.74, 6) is 0.987. The summed E-state index contributed by atoms with van der Waals surface area (Å²) in [6, 6.07) is 4.21. The van der Waals surface area contributed by atoms with Crippen LogP contribution >= 0.6 is 15.9 Å². The van der Waals surface area contributed by atoms with E-state index < -0.39 is 0 Å². The molecule has 0 unspecified atom stereocenters. The zero-order chi connectivity index (χ0) is 15.2. The number of methoxy groups -OCH3 is 1. The molecule has 0 saturated carbocycles. The van der Waals surface area contributed by atoms with Gasteiger partial charge in [0.25, 0.3) is 0 Å². The van der Waals surface area contributed by atoms with Crippen molar-refractivity contribution in [3.63, 3.8) is 0 Å². The van der Waals surface area contributed by atoms with Crippen LogP contribution < -0.4 is 10.1 Å². The van der Waals surface area contributed by atoms with Gasteiger partial charge in [-0.05, 0) is 45.4 Å². The van der Waals surface area contributed by atoms with Crippen LogP contribution in [0.3, 0.4) is 0 Å². The maximum atomic E-state index is 5.95. The van der Waals surface area contributed by atoms with E-state index in [1.165, 1.54) is 5.56 Å². The van der Waals surface area contributed by atoms with Gasteiger partial charge in [0, 0.05) is 42.3 Å². The zero-order valence-corrected chi connectivity index (χ0v) is 14.8. The summed E-state index contributed by atoms with van der Waals surface area (Å²) < 4.78 is 12.1. The van der Waals surface area contributed by atoms with Crippen LogP contribution in [0.25, 0.3) is 0 Å². The molecule has 1 rings (SSSR count). The molecule has 4 heteroatoms. The number of hydrogen-bond acceptors (Lipinski definition) is 3. The molecule has 0 heterocycles. The predicted molar refractivity (Wildman–Crippen MR) is 87.5 cm³/mol. The van der Waals surface area contributed by atoms with Gasteiger partial charge in [-0.1, -0.05) is 15.9 Å². The Bertz CT molecular complexity index is 427. The van der Waals surface area contributed by atoms with Gasteiger partial charge in [0.15, 0.2) is 0 Å². The third kappa shape index (κ3) is 6.25. The minimum absolute atomic E-state index is 0.0868. The topological polar surface area (TPSA) is 30.5 Å². The van der Waals surface area contributed by atoms with Crippen LogP contribution in [-0.2, 0) is 11.3 Å². The van der Waals surface area contributed by atoms with Crippen LogP contribution in [0, 0.1) is 6.92 Å². The molecule has 0 amide bonds. The van der Waals surface area contributed by atoms with Gasteiger partial charge in [0.2, 0.25) is 0 Å². The van der Waals surface area contributed by atoms with E-state index in [0.29, 0.717) is 6.61 Å². The van der Waals surface area contributed by atoms with E-state index >= 15 is 0 Å². The minimum atomic E-state index is 0.0868. The van der Waals surface area contributed by atoms with Crippen molar-refractivity contribution in [2.45, 2.75) is 46.2 Å². The van der Waals surface area contributed by atoms with Crippen molar-refractivity contribution >= 4 is 15.9 Å². The number of hydrogen-bond donors (Lipinski definition) is 1. The monoisotopic (exact) mass is 343 g/mol. The fourth-order valence-electron chi connectivity index (χ4n) is 1.88. The fraction of sp³-hybridized carbons (Fsp3) is 0.625. The Kier molecular flexibility index (Phi) is 7.00. The maximum absolute atomic E-state index is 5.95. The highest BCUT2D eigenvalue weighted by atomic mass is 79.9. The van der Waals surface area contributed by atoms with E-state index in [0.717, 1.165) is 35.4 Å². The van der Waals surface area contributed by atoms with Crippen molar-refractivity contribution in [2.24, 2.45) is 0 Å². The first-order valence-electron chi connectivity index (χ1n) is 6.99. The van der Waals surface area contributed by atoms with Crippen molar-refractivity contribution in [3.05, 3.63) is 27.7 Å². The molecule has 0 aromatic heterocycles. The Morgan fingerprint density at radius 1 is 1.20 bits per heavy atom. The summed E-state index contributed by atoms with van der Waals surface area (Å²) in [7, 11) is 1.71. The van der Waals surface area contributed by atoms with Gasteiger partial charge in [0.05, 0.1) is 6.61 Å². The minimum Gasteiger partial charge on any atom is -0.493 e. The Morgan fingerprint density at radius 3 is 2.50 bits per heavy atom. The lowest BCUT2D eigenvalue weighted by atomic mass is 10.1. The first kappa shape index (κ1) is 17.5. The highest BCUT2D eigenvalue weighted by molar-refractivity contribution is 9.10. The van der Waals surface area contributed by atoms with E-state index in [1.54, 1.807) is 7.11 Å². The second-order valence-corrected chi connectivity index (χ2v) is 6.92. The van der Waals surface area contributed by atoms with Gasteiger partial charge in [-0.15, -0.1) is 0 Å². The quantitative estimate of drug-likeness (QED) is 0.757. The van der Waals surface area contributed by atoms with Crippen LogP contribution in [0.1, 0.15) is 38.3 Å². The van der Waals surface area contributed by atoms with Gasteiger partial charge in [-0.3, -0.25) is 0 Å². The molecule has 0 atom stereocenters. The maximum Gasteiger partial charge on any atom is 0.126 e. The summed E-state index contributed by atoms with van der Waals surface area (Å²) in [5.41, 5.74) is 2.43. The molecule has 1 aromatic rings. The third-order valence-electron chi connectivity index (χ3n) is 2.86. The molecule has 0 aliphatic heterocycles. The number of rotatable bonds is 7. The van der Waals surface area contributed by atoms with Crippen LogP contribution in [-0.4, -0.2) is 25.9 Å². The molecule has 0 saturated heterocycles. The average molecular weight is 344 g/mol. The lowest BCUT2D eigenvalue weighted by Gasteiger charge is -2.22. The largest absolute Gasteiger partial charge is 0.493 e. The molecule has 0 spiro atoms. The first-order chi connectivity index (χ1) is 9.33. The third-order valence-corrected chi connectivity index (χ3v) is 3.32. The fourth-order valence-corrected chi connectivity index (χ4v) is 2.49. The summed E-state index contributed by atoms with van der Waals surface area (Å²) >= 11 is 3.56. The predicted octanol–water partition coefficient (Wildman–Crippen LogP) is 4.06. The van der Waals surface area contributed by atoms with Gasteiger partial charge in [-0.25, -0.2) is 0 Å². The van der Waals surface area contributed by atoms with E-state index in [2.05, 4.69) is 61.1 Å². The van der Waals surface area contributed by atoms with E-state index in [4.69, 9.17) is 9.47 Å². The summed E-state index contributed by atoms with van der Waals surface area (Å²) in [6.45, 7) is 10.8. The summed E-state index contributed by atoms with van der Waals surface area (Å²) in [6.07, 6.45) is 0.901. The second-order valence-electron chi connectivity index (χ2n) is 6.01. The highest BCUT2D eigenvalue weighted by Crippen LogP contribution is 2.28. The first-order valence-corrected chi connectivity index (χ1v) is 7.78. The Morgan fingerprint density at radius 2 is 1.90 bits per heavy atom. The highest BCUT2D eigenvalue weighted by Gasteiger charge is 2.13. The van der Waals surface area contributed by atoms with Crippen molar-refractivity contribution in [1.82, 2.24) is 5.32 Å². The summed E-state index contributed by atoms with van der Waals surface area (Å²) in [4.78, 5) is 0. The average Bonchev–Trinajstić information content (AvgIpc) is 2.33. The van der Waals surface area contributed by atoms with Crippen LogP contribution in [0.5, 0.6) is 5.75 Å². The number of ether oxygens (including phenoxy) is 2. The number of nitrogens with one attached hydrogen (secondary N) is 1. The second kappa shape index (κ2) is 8.01. The van der Waals surface area contributed by atoms with Gasteiger partial charge < -0.3 is 14.8 Å². The van der Waals surface area contributed by atoms with Crippen molar-refractivity contribution in [2.75, 3.05) is 20.3 Å². The Hall–Kier alpha value is -0.580. The molecule has 0 fully saturated rings. The standard InChI is InChI=1S/C16H26BrNO2/c1-12-9-14(17)10-13(11-18-16(2,3)4)15(12)20-8-6-7-19-5/h9-10,18H,6-8,11H2,1-5H3. The van der Waals surface area contributed by atoms with E-state index in [9.17, 15) is 0 Å². The lowest BCUT2D eigenvalue weighted by molar-refractivity contribution is 0.171. The summed E-state index contributed by atoms with van der Waals surface area (Å²) in [5, 5.41) is 3.51. The van der Waals surface area contributed by atoms with E-state index in [1.807, 2.05) is 0 Å². The van der Waals surface area contributed by atoms with Crippen LogP contribution in [0.4, 0.5) is 0 Å².